The van der Waals surface area contributed by atoms with Crippen LogP contribution in [0.1, 0.15) is 10.4 Å². The SMILES string of the molecule is COc1cc(Sc2ccccc2)c(OC)cc1C=O. The zero-order valence-electron chi connectivity index (χ0n) is 10.8. The normalized spacial score (nSPS) is 10.0. The topological polar surface area (TPSA) is 35.5 Å². The Hall–Kier alpha value is -1.94. The number of hydrogen-bond acceptors (Lipinski definition) is 4. The van der Waals surface area contributed by atoms with Crippen LogP contribution in [0.5, 0.6) is 11.5 Å². The lowest BCUT2D eigenvalue weighted by Crippen LogP contribution is -1.94. The molecule has 0 fully saturated rings. The van der Waals surface area contributed by atoms with E-state index < -0.39 is 0 Å². The maximum absolute atomic E-state index is 11.0. The van der Waals surface area contributed by atoms with Gasteiger partial charge in [0.05, 0.1) is 24.7 Å². The highest BCUT2D eigenvalue weighted by Gasteiger charge is 2.11. The van der Waals surface area contributed by atoms with Crippen molar-refractivity contribution in [2.75, 3.05) is 14.2 Å². The van der Waals surface area contributed by atoms with E-state index >= 15 is 0 Å². The van der Waals surface area contributed by atoms with Crippen LogP contribution < -0.4 is 9.47 Å². The van der Waals surface area contributed by atoms with Gasteiger partial charge in [-0.1, -0.05) is 30.0 Å². The van der Waals surface area contributed by atoms with E-state index in [4.69, 9.17) is 9.47 Å². The van der Waals surface area contributed by atoms with Gasteiger partial charge in [0.2, 0.25) is 0 Å². The second-order valence-corrected chi connectivity index (χ2v) is 4.89. The fourth-order valence-electron chi connectivity index (χ4n) is 1.68. The largest absolute Gasteiger partial charge is 0.496 e. The van der Waals surface area contributed by atoms with Crippen molar-refractivity contribution in [1.82, 2.24) is 0 Å². The third-order valence-electron chi connectivity index (χ3n) is 2.61. The predicted octanol–water partition coefficient (Wildman–Crippen LogP) is 3.67. The number of methoxy groups -OCH3 is 2. The van der Waals surface area contributed by atoms with Gasteiger partial charge in [-0.05, 0) is 24.3 Å². The minimum Gasteiger partial charge on any atom is -0.496 e. The zero-order valence-corrected chi connectivity index (χ0v) is 11.6. The Kier molecular flexibility index (Phi) is 4.47. The Bertz CT molecular complexity index is 567. The first-order chi connectivity index (χ1) is 9.28. The molecular formula is C15H14O3S. The van der Waals surface area contributed by atoms with E-state index in [0.717, 1.165) is 16.1 Å². The van der Waals surface area contributed by atoms with E-state index in [1.54, 1.807) is 32.0 Å². The number of ether oxygens (including phenoxy) is 2. The number of hydrogen-bond donors (Lipinski definition) is 0. The molecule has 0 saturated heterocycles. The van der Waals surface area contributed by atoms with Gasteiger partial charge >= 0.3 is 0 Å². The molecule has 2 rings (SSSR count). The van der Waals surface area contributed by atoms with Gasteiger partial charge in [-0.2, -0.15) is 0 Å². The zero-order chi connectivity index (χ0) is 13.7. The molecule has 0 aliphatic heterocycles. The highest BCUT2D eigenvalue weighted by Crippen LogP contribution is 2.38. The Morgan fingerprint density at radius 1 is 1.00 bits per heavy atom. The monoisotopic (exact) mass is 274 g/mol. The third-order valence-corrected chi connectivity index (χ3v) is 3.66. The number of aldehydes is 1. The van der Waals surface area contributed by atoms with Crippen molar-refractivity contribution in [3.05, 3.63) is 48.0 Å². The van der Waals surface area contributed by atoms with E-state index in [-0.39, 0.29) is 0 Å². The average molecular weight is 274 g/mol. The highest BCUT2D eigenvalue weighted by molar-refractivity contribution is 7.99. The minimum absolute atomic E-state index is 0.483. The van der Waals surface area contributed by atoms with E-state index in [0.29, 0.717) is 17.1 Å². The second kappa shape index (κ2) is 6.29. The molecule has 0 aliphatic rings. The molecule has 0 bridgehead atoms. The lowest BCUT2D eigenvalue weighted by atomic mass is 10.2. The summed E-state index contributed by atoms with van der Waals surface area (Å²) in [6.07, 6.45) is 0.762. The quantitative estimate of drug-likeness (QED) is 0.779. The van der Waals surface area contributed by atoms with Crippen LogP contribution >= 0.6 is 11.8 Å². The van der Waals surface area contributed by atoms with E-state index in [9.17, 15) is 4.79 Å². The molecule has 2 aromatic carbocycles. The number of benzene rings is 2. The van der Waals surface area contributed by atoms with E-state index in [1.165, 1.54) is 0 Å². The average Bonchev–Trinajstić information content (AvgIpc) is 2.47. The molecule has 0 N–H and O–H groups in total. The maximum atomic E-state index is 11.0. The second-order valence-electron chi connectivity index (χ2n) is 3.78. The van der Waals surface area contributed by atoms with Crippen LogP contribution in [0.15, 0.2) is 52.3 Å². The van der Waals surface area contributed by atoms with Crippen LogP contribution in [-0.4, -0.2) is 20.5 Å². The van der Waals surface area contributed by atoms with Crippen LogP contribution in [0.25, 0.3) is 0 Å². The lowest BCUT2D eigenvalue weighted by Gasteiger charge is -2.12. The molecule has 2 aromatic rings. The fraction of sp³-hybridized carbons (Fsp3) is 0.133. The minimum atomic E-state index is 0.483. The van der Waals surface area contributed by atoms with Gasteiger partial charge in [-0.15, -0.1) is 0 Å². The van der Waals surface area contributed by atoms with E-state index in [2.05, 4.69) is 0 Å². The number of rotatable bonds is 5. The number of carbonyl (C=O) groups excluding carboxylic acids is 1. The third kappa shape index (κ3) is 3.09. The standard InChI is InChI=1S/C15H14O3S/c1-17-13-9-15(14(18-2)8-11(13)10-16)19-12-6-4-3-5-7-12/h3-10H,1-2H3. The first-order valence-corrected chi connectivity index (χ1v) is 6.54. The van der Waals surface area contributed by atoms with Crippen molar-refractivity contribution in [3.63, 3.8) is 0 Å². The summed E-state index contributed by atoms with van der Waals surface area (Å²) < 4.78 is 10.5. The van der Waals surface area contributed by atoms with Gasteiger partial charge in [-0.25, -0.2) is 0 Å². The molecule has 4 heteroatoms. The summed E-state index contributed by atoms with van der Waals surface area (Å²) in [4.78, 5) is 13.0. The summed E-state index contributed by atoms with van der Waals surface area (Å²) in [5, 5.41) is 0. The molecule has 0 aromatic heterocycles. The van der Waals surface area contributed by atoms with Gasteiger partial charge in [0.25, 0.3) is 0 Å². The first kappa shape index (κ1) is 13.5. The lowest BCUT2D eigenvalue weighted by molar-refractivity contribution is 0.112. The molecule has 0 aliphatic carbocycles. The summed E-state index contributed by atoms with van der Waals surface area (Å²) in [7, 11) is 3.14. The van der Waals surface area contributed by atoms with Gasteiger partial charge in [-0.3, -0.25) is 4.79 Å². The van der Waals surface area contributed by atoms with Crippen molar-refractivity contribution in [3.8, 4) is 11.5 Å². The van der Waals surface area contributed by atoms with Crippen LogP contribution in [0.3, 0.4) is 0 Å². The molecule has 0 amide bonds. The molecule has 98 valence electrons. The van der Waals surface area contributed by atoms with Crippen LogP contribution in [0, 0.1) is 0 Å². The van der Waals surface area contributed by atoms with Gasteiger partial charge in [0.1, 0.15) is 11.5 Å². The Labute approximate surface area is 116 Å². The Morgan fingerprint density at radius 3 is 2.26 bits per heavy atom. The molecule has 3 nitrogen and oxygen atoms in total. The van der Waals surface area contributed by atoms with Crippen LogP contribution in [0.2, 0.25) is 0 Å². The van der Waals surface area contributed by atoms with Crippen LogP contribution in [-0.2, 0) is 0 Å². The molecule has 0 unspecified atom stereocenters. The van der Waals surface area contributed by atoms with Gasteiger partial charge in [0.15, 0.2) is 6.29 Å². The first-order valence-electron chi connectivity index (χ1n) is 5.72. The molecular weight excluding hydrogens is 260 g/mol. The summed E-state index contributed by atoms with van der Waals surface area (Å²) in [5.41, 5.74) is 0.483. The summed E-state index contributed by atoms with van der Waals surface area (Å²) in [6.45, 7) is 0. The van der Waals surface area contributed by atoms with Crippen molar-refractivity contribution in [2.24, 2.45) is 0 Å². The molecule has 0 spiro atoms. The molecule has 0 saturated carbocycles. The van der Waals surface area contributed by atoms with Gasteiger partial charge in [0, 0.05) is 4.90 Å². The fourth-order valence-corrected chi connectivity index (χ4v) is 2.64. The highest BCUT2D eigenvalue weighted by atomic mass is 32.2. The molecule has 0 heterocycles. The van der Waals surface area contributed by atoms with Crippen molar-refractivity contribution in [1.29, 1.82) is 0 Å². The Balaban J connectivity index is 2.41. The van der Waals surface area contributed by atoms with Crippen LogP contribution in [0.4, 0.5) is 0 Å². The van der Waals surface area contributed by atoms with Crippen molar-refractivity contribution < 1.29 is 14.3 Å². The predicted molar refractivity (Wildman–Crippen MR) is 75.5 cm³/mol. The smallest absolute Gasteiger partial charge is 0.153 e. The van der Waals surface area contributed by atoms with Crippen molar-refractivity contribution in [2.45, 2.75) is 9.79 Å². The Morgan fingerprint density at radius 2 is 1.68 bits per heavy atom. The molecule has 0 atom stereocenters. The van der Waals surface area contributed by atoms with Crippen molar-refractivity contribution >= 4 is 18.0 Å². The summed E-state index contributed by atoms with van der Waals surface area (Å²) in [5.74, 6) is 1.21. The maximum Gasteiger partial charge on any atom is 0.153 e. The summed E-state index contributed by atoms with van der Waals surface area (Å²) >= 11 is 1.57. The molecule has 19 heavy (non-hydrogen) atoms. The number of carbonyl (C=O) groups is 1. The van der Waals surface area contributed by atoms with E-state index in [1.807, 2.05) is 36.4 Å². The molecule has 0 radical (unpaired) electrons. The summed E-state index contributed by atoms with van der Waals surface area (Å²) in [6, 6.07) is 13.5. The van der Waals surface area contributed by atoms with Gasteiger partial charge < -0.3 is 9.47 Å².